The molecule has 0 saturated carbocycles. The first-order valence-electron chi connectivity index (χ1n) is 7.89. The number of nitrogens with one attached hydrogen (secondary N) is 2. The van der Waals surface area contributed by atoms with Gasteiger partial charge in [-0.05, 0) is 36.4 Å². The van der Waals surface area contributed by atoms with Crippen LogP contribution in [-0.4, -0.2) is 38.5 Å². The van der Waals surface area contributed by atoms with E-state index in [1.165, 1.54) is 38.5 Å². The SMILES string of the molecule is COc1cc(C(=O)NNC(=O)c2ccc(F)cc2)cc(OC)c1OCC(N)=O. The van der Waals surface area contributed by atoms with Crippen molar-refractivity contribution < 1.29 is 33.0 Å². The Morgan fingerprint density at radius 3 is 1.89 bits per heavy atom. The number of methoxy groups -OCH3 is 2. The second-order valence-electron chi connectivity index (χ2n) is 5.38. The normalized spacial score (nSPS) is 9.96. The number of primary amides is 1. The van der Waals surface area contributed by atoms with Gasteiger partial charge in [-0.3, -0.25) is 25.2 Å². The molecule has 0 spiro atoms. The third kappa shape index (κ3) is 5.10. The second kappa shape index (κ2) is 9.21. The Kier molecular flexibility index (Phi) is 6.74. The van der Waals surface area contributed by atoms with Crippen molar-refractivity contribution in [3.05, 3.63) is 53.3 Å². The van der Waals surface area contributed by atoms with Gasteiger partial charge >= 0.3 is 0 Å². The van der Waals surface area contributed by atoms with Crippen molar-refractivity contribution in [2.24, 2.45) is 5.73 Å². The summed E-state index contributed by atoms with van der Waals surface area (Å²) in [5, 5.41) is 0. The molecule has 28 heavy (non-hydrogen) atoms. The lowest BCUT2D eigenvalue weighted by molar-refractivity contribution is -0.120. The zero-order valence-electron chi connectivity index (χ0n) is 15.1. The molecule has 0 aliphatic carbocycles. The van der Waals surface area contributed by atoms with Gasteiger partial charge in [0, 0.05) is 11.1 Å². The highest BCUT2D eigenvalue weighted by Gasteiger charge is 2.19. The van der Waals surface area contributed by atoms with Crippen LogP contribution in [0.5, 0.6) is 17.2 Å². The number of nitrogens with two attached hydrogens (primary N) is 1. The Hall–Kier alpha value is -3.82. The van der Waals surface area contributed by atoms with Crippen LogP contribution in [0.25, 0.3) is 0 Å². The molecule has 0 aliphatic rings. The molecule has 2 aromatic rings. The van der Waals surface area contributed by atoms with Crippen molar-refractivity contribution in [2.75, 3.05) is 20.8 Å². The van der Waals surface area contributed by atoms with Gasteiger partial charge in [0.15, 0.2) is 18.1 Å². The summed E-state index contributed by atoms with van der Waals surface area (Å²) in [6.07, 6.45) is 0. The summed E-state index contributed by atoms with van der Waals surface area (Å²) in [4.78, 5) is 35.2. The van der Waals surface area contributed by atoms with Crippen LogP contribution < -0.4 is 30.8 Å². The van der Waals surface area contributed by atoms with Crippen molar-refractivity contribution in [2.45, 2.75) is 0 Å². The number of hydrogen-bond donors (Lipinski definition) is 3. The number of halogens is 1. The maximum Gasteiger partial charge on any atom is 0.269 e. The Balaban J connectivity index is 2.14. The highest BCUT2D eigenvalue weighted by molar-refractivity contribution is 5.99. The van der Waals surface area contributed by atoms with Crippen LogP contribution in [0.15, 0.2) is 36.4 Å². The number of ether oxygens (including phenoxy) is 3. The fourth-order valence-corrected chi connectivity index (χ4v) is 2.16. The van der Waals surface area contributed by atoms with Gasteiger partial charge in [0.05, 0.1) is 14.2 Å². The maximum absolute atomic E-state index is 12.9. The fourth-order valence-electron chi connectivity index (χ4n) is 2.16. The first kappa shape index (κ1) is 20.5. The molecule has 2 rings (SSSR count). The predicted octanol–water partition coefficient (Wildman–Crippen LogP) is 0.782. The number of benzene rings is 2. The number of hydrogen-bond acceptors (Lipinski definition) is 6. The van der Waals surface area contributed by atoms with E-state index < -0.39 is 30.1 Å². The van der Waals surface area contributed by atoms with Gasteiger partial charge < -0.3 is 19.9 Å². The summed E-state index contributed by atoms with van der Waals surface area (Å²) in [5.74, 6) is -2.16. The lowest BCUT2D eigenvalue weighted by Gasteiger charge is -2.15. The third-order valence-corrected chi connectivity index (χ3v) is 3.48. The molecule has 0 saturated heterocycles. The average Bonchev–Trinajstić information content (AvgIpc) is 2.69. The Morgan fingerprint density at radius 2 is 1.43 bits per heavy atom. The van der Waals surface area contributed by atoms with E-state index in [2.05, 4.69) is 10.9 Å². The largest absolute Gasteiger partial charge is 0.493 e. The van der Waals surface area contributed by atoms with Crippen LogP contribution in [0.4, 0.5) is 4.39 Å². The van der Waals surface area contributed by atoms with E-state index in [9.17, 15) is 18.8 Å². The molecule has 9 nitrogen and oxygen atoms in total. The van der Waals surface area contributed by atoms with Gasteiger partial charge in [0.2, 0.25) is 5.75 Å². The van der Waals surface area contributed by atoms with Crippen LogP contribution in [0.2, 0.25) is 0 Å². The molecule has 0 fully saturated rings. The minimum absolute atomic E-state index is 0.0829. The summed E-state index contributed by atoms with van der Waals surface area (Å²) >= 11 is 0. The van der Waals surface area contributed by atoms with Crippen molar-refractivity contribution in [1.82, 2.24) is 10.9 Å². The Morgan fingerprint density at radius 1 is 0.929 bits per heavy atom. The summed E-state index contributed by atoms with van der Waals surface area (Å²) in [6, 6.07) is 7.45. The van der Waals surface area contributed by atoms with E-state index in [0.29, 0.717) is 0 Å². The molecule has 0 heterocycles. The number of hydrazine groups is 1. The Labute approximate surface area is 159 Å². The van der Waals surface area contributed by atoms with Crippen LogP contribution >= 0.6 is 0 Å². The van der Waals surface area contributed by atoms with E-state index in [1.54, 1.807) is 0 Å². The number of rotatable bonds is 7. The number of amides is 3. The zero-order valence-corrected chi connectivity index (χ0v) is 15.1. The minimum atomic E-state index is -0.700. The highest BCUT2D eigenvalue weighted by atomic mass is 19.1. The monoisotopic (exact) mass is 391 g/mol. The van der Waals surface area contributed by atoms with Crippen LogP contribution in [0, 0.1) is 5.82 Å². The molecule has 0 unspecified atom stereocenters. The molecule has 0 atom stereocenters. The van der Waals surface area contributed by atoms with Gasteiger partial charge in [0.25, 0.3) is 17.7 Å². The molecule has 0 aromatic heterocycles. The quantitative estimate of drug-likeness (QED) is 0.598. The molecule has 2 aromatic carbocycles. The lowest BCUT2D eigenvalue weighted by atomic mass is 10.1. The van der Waals surface area contributed by atoms with E-state index in [-0.39, 0.29) is 28.4 Å². The molecular formula is C18H18FN3O6. The summed E-state index contributed by atoms with van der Waals surface area (Å²) in [6.45, 7) is -0.411. The molecular weight excluding hydrogens is 373 g/mol. The van der Waals surface area contributed by atoms with Crippen molar-refractivity contribution in [1.29, 1.82) is 0 Å². The molecule has 0 radical (unpaired) electrons. The maximum atomic E-state index is 12.9. The van der Waals surface area contributed by atoms with Crippen molar-refractivity contribution >= 4 is 17.7 Å². The van der Waals surface area contributed by atoms with Gasteiger partial charge in [-0.25, -0.2) is 4.39 Å². The molecule has 148 valence electrons. The summed E-state index contributed by atoms with van der Waals surface area (Å²) in [7, 11) is 2.67. The van der Waals surface area contributed by atoms with E-state index in [0.717, 1.165) is 12.1 Å². The molecule has 0 bridgehead atoms. The first-order chi connectivity index (χ1) is 13.3. The van der Waals surface area contributed by atoms with Gasteiger partial charge in [-0.15, -0.1) is 0 Å². The zero-order chi connectivity index (χ0) is 20.7. The third-order valence-electron chi connectivity index (χ3n) is 3.48. The van der Waals surface area contributed by atoms with E-state index in [1.807, 2.05) is 0 Å². The fraction of sp³-hybridized carbons (Fsp3) is 0.167. The van der Waals surface area contributed by atoms with E-state index in [4.69, 9.17) is 19.9 Å². The number of carbonyl (C=O) groups excluding carboxylic acids is 3. The Bertz CT molecular complexity index is 860. The van der Waals surface area contributed by atoms with E-state index >= 15 is 0 Å². The molecule has 3 amide bonds. The molecule has 0 aliphatic heterocycles. The summed E-state index contributed by atoms with van der Waals surface area (Å²) < 4.78 is 28.5. The molecule has 4 N–H and O–H groups in total. The smallest absolute Gasteiger partial charge is 0.269 e. The first-order valence-corrected chi connectivity index (χ1v) is 7.89. The minimum Gasteiger partial charge on any atom is -0.493 e. The molecule has 10 heteroatoms. The van der Waals surface area contributed by atoms with Crippen LogP contribution in [0.1, 0.15) is 20.7 Å². The average molecular weight is 391 g/mol. The predicted molar refractivity (Wildman–Crippen MR) is 95.6 cm³/mol. The van der Waals surface area contributed by atoms with Gasteiger partial charge in [-0.2, -0.15) is 0 Å². The number of carbonyl (C=O) groups is 3. The summed E-state index contributed by atoms with van der Waals surface area (Å²) in [5.41, 5.74) is 9.73. The van der Waals surface area contributed by atoms with Crippen molar-refractivity contribution in [3.63, 3.8) is 0 Å². The highest BCUT2D eigenvalue weighted by Crippen LogP contribution is 2.38. The van der Waals surface area contributed by atoms with Gasteiger partial charge in [0.1, 0.15) is 5.82 Å². The van der Waals surface area contributed by atoms with Crippen molar-refractivity contribution in [3.8, 4) is 17.2 Å². The second-order valence-corrected chi connectivity index (χ2v) is 5.38. The van der Waals surface area contributed by atoms with Crippen LogP contribution in [0.3, 0.4) is 0 Å². The van der Waals surface area contributed by atoms with Crippen LogP contribution in [-0.2, 0) is 4.79 Å². The standard InChI is InChI=1S/C18H18FN3O6/c1-26-13-7-11(8-14(27-2)16(13)28-9-15(20)23)18(25)22-21-17(24)10-3-5-12(19)6-4-10/h3-8H,9H2,1-2H3,(H2,20,23)(H,21,24)(H,22,25). The van der Waals surface area contributed by atoms with Gasteiger partial charge in [-0.1, -0.05) is 0 Å². The lowest BCUT2D eigenvalue weighted by Crippen LogP contribution is -2.41. The topological polar surface area (TPSA) is 129 Å².